The highest BCUT2D eigenvalue weighted by molar-refractivity contribution is 6.05. The second-order valence-electron chi connectivity index (χ2n) is 10.6. The lowest BCUT2D eigenvalue weighted by Gasteiger charge is -2.37. The van der Waals surface area contributed by atoms with Gasteiger partial charge in [0.05, 0.1) is 17.2 Å². The SMILES string of the molecule is CC(=O)N[C@H]1C=C(C(C)(C)C)C(C(=O)OC(C)(C)C)=C(C(=O)OC(C)(C)C)[C@@H]1C. The predicted molar refractivity (Wildman–Crippen MR) is 113 cm³/mol. The number of amides is 1. The summed E-state index contributed by atoms with van der Waals surface area (Å²) < 4.78 is 11.3. The van der Waals surface area contributed by atoms with Crippen LogP contribution in [-0.4, -0.2) is 35.1 Å². The molecule has 0 unspecified atom stereocenters. The van der Waals surface area contributed by atoms with Crippen molar-refractivity contribution < 1.29 is 23.9 Å². The smallest absolute Gasteiger partial charge is 0.339 e. The normalized spacial score (nSPS) is 20.7. The van der Waals surface area contributed by atoms with Crippen molar-refractivity contribution >= 4 is 17.8 Å². The van der Waals surface area contributed by atoms with Crippen LogP contribution in [0.25, 0.3) is 0 Å². The summed E-state index contributed by atoms with van der Waals surface area (Å²) in [6, 6.07) is -0.435. The Labute approximate surface area is 175 Å². The molecule has 1 amide bonds. The van der Waals surface area contributed by atoms with Gasteiger partial charge in [-0.1, -0.05) is 33.8 Å². The monoisotopic (exact) mass is 407 g/mol. The first-order valence-electron chi connectivity index (χ1n) is 10.0. The Balaban J connectivity index is 3.73. The minimum Gasteiger partial charge on any atom is -0.457 e. The van der Waals surface area contributed by atoms with Crippen molar-refractivity contribution in [1.29, 1.82) is 0 Å². The van der Waals surface area contributed by atoms with Gasteiger partial charge in [0.25, 0.3) is 0 Å². The number of carbonyl (C=O) groups is 3. The molecule has 0 spiro atoms. The van der Waals surface area contributed by atoms with Crippen molar-refractivity contribution in [3.05, 3.63) is 22.8 Å². The summed E-state index contributed by atoms with van der Waals surface area (Å²) in [5.74, 6) is -1.80. The van der Waals surface area contributed by atoms with Gasteiger partial charge in [-0.15, -0.1) is 0 Å². The zero-order valence-electron chi connectivity index (χ0n) is 19.8. The van der Waals surface area contributed by atoms with E-state index in [0.29, 0.717) is 5.57 Å². The third-order valence-electron chi connectivity index (χ3n) is 4.28. The van der Waals surface area contributed by atoms with Gasteiger partial charge in [0.2, 0.25) is 5.91 Å². The van der Waals surface area contributed by atoms with Gasteiger partial charge in [-0.25, -0.2) is 9.59 Å². The van der Waals surface area contributed by atoms with Crippen LogP contribution in [0.3, 0.4) is 0 Å². The van der Waals surface area contributed by atoms with E-state index in [9.17, 15) is 14.4 Å². The number of hydrogen-bond acceptors (Lipinski definition) is 5. The van der Waals surface area contributed by atoms with Crippen LogP contribution in [-0.2, 0) is 23.9 Å². The van der Waals surface area contributed by atoms with Crippen molar-refractivity contribution in [2.75, 3.05) is 0 Å². The molecule has 0 aromatic heterocycles. The summed E-state index contributed by atoms with van der Waals surface area (Å²) in [6.45, 7) is 19.8. The first kappa shape index (κ1) is 24.9. The minimum absolute atomic E-state index is 0.212. The highest BCUT2D eigenvalue weighted by atomic mass is 16.6. The lowest BCUT2D eigenvalue weighted by molar-refractivity contribution is -0.154. The molecule has 1 aliphatic carbocycles. The first-order chi connectivity index (χ1) is 12.8. The first-order valence-corrected chi connectivity index (χ1v) is 10.0. The van der Waals surface area contributed by atoms with Gasteiger partial charge in [-0.05, 0) is 52.5 Å². The van der Waals surface area contributed by atoms with Gasteiger partial charge in [0.15, 0.2) is 0 Å². The molecule has 1 aliphatic rings. The maximum atomic E-state index is 13.2. The van der Waals surface area contributed by atoms with E-state index in [-0.39, 0.29) is 17.1 Å². The average molecular weight is 408 g/mol. The van der Waals surface area contributed by atoms with Gasteiger partial charge in [0.1, 0.15) is 11.2 Å². The number of hydrogen-bond donors (Lipinski definition) is 1. The maximum absolute atomic E-state index is 13.2. The fourth-order valence-electron chi connectivity index (χ4n) is 3.16. The van der Waals surface area contributed by atoms with Gasteiger partial charge in [-0.3, -0.25) is 4.79 Å². The molecule has 1 N–H and O–H groups in total. The van der Waals surface area contributed by atoms with E-state index in [1.165, 1.54) is 6.92 Å². The molecule has 0 saturated carbocycles. The fourth-order valence-corrected chi connectivity index (χ4v) is 3.16. The van der Waals surface area contributed by atoms with E-state index in [2.05, 4.69) is 5.32 Å². The molecule has 164 valence electrons. The molecule has 0 radical (unpaired) electrons. The van der Waals surface area contributed by atoms with Crippen LogP contribution in [0.5, 0.6) is 0 Å². The van der Waals surface area contributed by atoms with Gasteiger partial charge < -0.3 is 14.8 Å². The quantitative estimate of drug-likeness (QED) is 0.713. The van der Waals surface area contributed by atoms with Crippen LogP contribution < -0.4 is 5.32 Å². The summed E-state index contributed by atoms with van der Waals surface area (Å²) in [6.07, 6.45) is 1.86. The van der Waals surface area contributed by atoms with Crippen LogP contribution in [0.4, 0.5) is 0 Å². The number of carbonyl (C=O) groups excluding carboxylic acids is 3. The number of rotatable bonds is 3. The molecule has 1 rings (SSSR count). The summed E-state index contributed by atoms with van der Waals surface area (Å²) in [4.78, 5) is 38.1. The van der Waals surface area contributed by atoms with E-state index in [1.807, 2.05) is 26.8 Å². The average Bonchev–Trinajstić information content (AvgIpc) is 2.43. The summed E-state index contributed by atoms with van der Waals surface area (Å²) >= 11 is 0. The van der Waals surface area contributed by atoms with E-state index in [0.717, 1.165) is 0 Å². The minimum atomic E-state index is -0.727. The Morgan fingerprint density at radius 3 is 1.69 bits per heavy atom. The van der Waals surface area contributed by atoms with Crippen LogP contribution in [0, 0.1) is 11.3 Å². The van der Waals surface area contributed by atoms with E-state index in [4.69, 9.17) is 9.47 Å². The molecule has 6 nitrogen and oxygen atoms in total. The Morgan fingerprint density at radius 1 is 0.862 bits per heavy atom. The third kappa shape index (κ3) is 7.02. The van der Waals surface area contributed by atoms with Crippen molar-refractivity contribution in [2.24, 2.45) is 11.3 Å². The Kier molecular flexibility index (Phi) is 7.16. The largest absolute Gasteiger partial charge is 0.457 e. The lowest BCUT2D eigenvalue weighted by Crippen LogP contribution is -2.44. The van der Waals surface area contributed by atoms with Crippen LogP contribution in [0.1, 0.15) is 76.2 Å². The topological polar surface area (TPSA) is 81.7 Å². The Hall–Kier alpha value is -2.11. The lowest BCUT2D eigenvalue weighted by atomic mass is 9.72. The summed E-state index contributed by atoms with van der Waals surface area (Å²) in [5.41, 5.74) is -0.782. The van der Waals surface area contributed by atoms with Crippen molar-refractivity contribution in [2.45, 2.75) is 93.4 Å². The Morgan fingerprint density at radius 2 is 1.31 bits per heavy atom. The molecule has 0 heterocycles. The zero-order valence-corrected chi connectivity index (χ0v) is 19.8. The van der Waals surface area contributed by atoms with Gasteiger partial charge in [-0.2, -0.15) is 0 Å². The van der Waals surface area contributed by atoms with Gasteiger partial charge >= 0.3 is 11.9 Å². The second kappa shape index (κ2) is 8.33. The number of nitrogens with one attached hydrogen (secondary N) is 1. The van der Waals surface area contributed by atoms with E-state index >= 15 is 0 Å². The molecule has 29 heavy (non-hydrogen) atoms. The van der Waals surface area contributed by atoms with Crippen molar-refractivity contribution in [1.82, 2.24) is 5.32 Å². The molecule has 0 bridgehead atoms. The maximum Gasteiger partial charge on any atom is 0.339 e. The number of ether oxygens (including phenoxy) is 2. The summed E-state index contributed by atoms with van der Waals surface area (Å²) in [7, 11) is 0. The second-order valence-corrected chi connectivity index (χ2v) is 10.6. The van der Waals surface area contributed by atoms with Crippen LogP contribution in [0.2, 0.25) is 0 Å². The molecule has 2 atom stereocenters. The van der Waals surface area contributed by atoms with E-state index in [1.54, 1.807) is 48.5 Å². The van der Waals surface area contributed by atoms with Crippen LogP contribution in [0.15, 0.2) is 22.8 Å². The van der Waals surface area contributed by atoms with Crippen molar-refractivity contribution in [3.8, 4) is 0 Å². The van der Waals surface area contributed by atoms with Crippen molar-refractivity contribution in [3.63, 3.8) is 0 Å². The standard InChI is InChI=1S/C23H37NO5/c1-13-16(24-14(2)25)12-15(21(3,4)5)18(20(27)29-23(9,10)11)17(13)19(26)28-22(6,7)8/h12-13,16H,1-11H3,(H,24,25)/t13-,16+/m1/s1. The fraction of sp³-hybridized carbons (Fsp3) is 0.696. The molecule has 6 heteroatoms. The van der Waals surface area contributed by atoms with Crippen LogP contribution >= 0.6 is 0 Å². The zero-order chi connectivity index (χ0) is 22.9. The summed E-state index contributed by atoms with van der Waals surface area (Å²) in [5, 5.41) is 2.88. The molecule has 0 aliphatic heterocycles. The highest BCUT2D eigenvalue weighted by Gasteiger charge is 2.42. The number of esters is 2. The molecule has 0 saturated heterocycles. The molecular weight excluding hydrogens is 370 g/mol. The third-order valence-corrected chi connectivity index (χ3v) is 4.28. The van der Waals surface area contributed by atoms with Gasteiger partial charge in [0, 0.05) is 12.8 Å². The molecule has 0 aromatic rings. The highest BCUT2D eigenvalue weighted by Crippen LogP contribution is 2.41. The molecule has 0 aromatic carbocycles. The Bertz CT molecular complexity index is 739. The molecular formula is C23H37NO5. The molecule has 0 fully saturated rings. The van der Waals surface area contributed by atoms with E-state index < -0.39 is 40.5 Å². The predicted octanol–water partition coefficient (Wildman–Crippen LogP) is 4.09.